The minimum Gasteiger partial charge on any atom is -0.298 e. The number of halogens is 2. The fraction of sp³-hybridized carbons (Fsp3) is 0.0667. The van der Waals surface area contributed by atoms with Crippen LogP contribution in [-0.2, 0) is 0 Å². The van der Waals surface area contributed by atoms with E-state index in [-0.39, 0.29) is 16.3 Å². The number of thiazole rings is 1. The van der Waals surface area contributed by atoms with Crippen LogP contribution in [0.1, 0.15) is 15.9 Å². The molecule has 0 saturated heterocycles. The van der Waals surface area contributed by atoms with Crippen LogP contribution >= 0.6 is 34.5 Å². The summed E-state index contributed by atoms with van der Waals surface area (Å²) in [6.07, 6.45) is 0. The zero-order valence-electron chi connectivity index (χ0n) is 12.2. The lowest BCUT2D eigenvalue weighted by Crippen LogP contribution is -2.12. The highest BCUT2D eigenvalue weighted by atomic mass is 35.5. The van der Waals surface area contributed by atoms with E-state index in [9.17, 15) is 14.9 Å². The van der Waals surface area contributed by atoms with E-state index in [1.54, 1.807) is 13.0 Å². The van der Waals surface area contributed by atoms with Gasteiger partial charge in [-0.2, -0.15) is 0 Å². The van der Waals surface area contributed by atoms with E-state index in [1.165, 1.54) is 24.3 Å². The van der Waals surface area contributed by atoms with E-state index in [1.807, 2.05) is 0 Å². The molecule has 0 radical (unpaired) electrons. The Morgan fingerprint density at radius 1 is 1.29 bits per heavy atom. The van der Waals surface area contributed by atoms with Gasteiger partial charge < -0.3 is 0 Å². The van der Waals surface area contributed by atoms with Crippen LogP contribution in [0.15, 0.2) is 30.3 Å². The molecule has 122 valence electrons. The number of nitro benzene ring substituents is 1. The summed E-state index contributed by atoms with van der Waals surface area (Å²) in [5.41, 5.74) is 1.49. The van der Waals surface area contributed by atoms with Crippen LogP contribution in [0.2, 0.25) is 10.0 Å². The number of nitro groups is 1. The zero-order valence-corrected chi connectivity index (χ0v) is 14.5. The van der Waals surface area contributed by atoms with E-state index in [2.05, 4.69) is 10.3 Å². The molecule has 0 aliphatic carbocycles. The summed E-state index contributed by atoms with van der Waals surface area (Å²) in [7, 11) is 0. The monoisotopic (exact) mass is 381 g/mol. The highest BCUT2D eigenvalue weighted by Crippen LogP contribution is 2.32. The van der Waals surface area contributed by atoms with Crippen LogP contribution in [0.25, 0.3) is 10.2 Å². The number of nitrogens with one attached hydrogen (secondary N) is 1. The quantitative estimate of drug-likeness (QED) is 0.506. The number of rotatable bonds is 3. The van der Waals surface area contributed by atoms with Crippen LogP contribution in [0.3, 0.4) is 0 Å². The van der Waals surface area contributed by atoms with Crippen molar-refractivity contribution in [3.63, 3.8) is 0 Å². The molecule has 0 fully saturated rings. The van der Waals surface area contributed by atoms with Gasteiger partial charge in [0.15, 0.2) is 5.13 Å². The Kier molecular flexibility index (Phi) is 4.40. The highest BCUT2D eigenvalue weighted by Gasteiger charge is 2.16. The summed E-state index contributed by atoms with van der Waals surface area (Å²) in [6, 6.07) is 7.46. The largest absolute Gasteiger partial charge is 0.298 e. The van der Waals surface area contributed by atoms with Gasteiger partial charge in [-0.15, -0.1) is 0 Å². The predicted molar refractivity (Wildman–Crippen MR) is 95.4 cm³/mol. The maximum absolute atomic E-state index is 12.3. The number of anilines is 1. The molecule has 0 aliphatic heterocycles. The Balaban J connectivity index is 1.95. The lowest BCUT2D eigenvalue weighted by Gasteiger charge is -2.04. The Hall–Kier alpha value is -2.22. The number of hydrogen-bond donors (Lipinski definition) is 1. The van der Waals surface area contributed by atoms with Crippen LogP contribution in [0.5, 0.6) is 0 Å². The summed E-state index contributed by atoms with van der Waals surface area (Å²) in [6.45, 7) is 1.73. The van der Waals surface area contributed by atoms with Gasteiger partial charge in [-0.1, -0.05) is 34.5 Å². The maximum atomic E-state index is 12.3. The molecule has 6 nitrogen and oxygen atoms in total. The van der Waals surface area contributed by atoms with Gasteiger partial charge in [-0.3, -0.25) is 20.2 Å². The van der Waals surface area contributed by atoms with E-state index >= 15 is 0 Å². The van der Waals surface area contributed by atoms with Gasteiger partial charge in [0, 0.05) is 17.2 Å². The van der Waals surface area contributed by atoms with Crippen LogP contribution in [0.4, 0.5) is 10.8 Å². The number of amides is 1. The molecular formula is C15H9Cl2N3O3S. The van der Waals surface area contributed by atoms with Gasteiger partial charge in [0.05, 0.1) is 25.7 Å². The first-order valence-corrected chi connectivity index (χ1v) is 8.24. The second-order valence-corrected chi connectivity index (χ2v) is 6.84. The molecule has 0 atom stereocenters. The van der Waals surface area contributed by atoms with Crippen molar-refractivity contribution in [3.05, 3.63) is 61.6 Å². The second-order valence-electron chi connectivity index (χ2n) is 4.96. The van der Waals surface area contributed by atoms with Crippen molar-refractivity contribution in [1.82, 2.24) is 4.98 Å². The Morgan fingerprint density at radius 2 is 2.04 bits per heavy atom. The number of carbonyl (C=O) groups is 1. The Labute approximate surface area is 150 Å². The number of non-ortho nitro benzene ring substituents is 1. The normalized spacial score (nSPS) is 10.8. The lowest BCUT2D eigenvalue weighted by atomic mass is 10.2. The molecule has 1 N–H and O–H groups in total. The number of aryl methyl sites for hydroxylation is 1. The number of fused-ring (bicyclic) bond motifs is 1. The average molecular weight is 382 g/mol. The van der Waals surface area contributed by atoms with E-state index < -0.39 is 10.8 Å². The third-order valence-electron chi connectivity index (χ3n) is 3.27. The average Bonchev–Trinajstić information content (AvgIpc) is 2.92. The third kappa shape index (κ3) is 3.19. The van der Waals surface area contributed by atoms with Gasteiger partial charge in [-0.05, 0) is 30.7 Å². The molecule has 0 aliphatic rings. The fourth-order valence-electron chi connectivity index (χ4n) is 2.17. The molecule has 3 aromatic rings. The van der Waals surface area contributed by atoms with Crippen molar-refractivity contribution in [3.8, 4) is 0 Å². The number of aromatic nitrogens is 1. The first-order chi connectivity index (χ1) is 11.3. The smallest absolute Gasteiger partial charge is 0.271 e. The number of benzene rings is 2. The van der Waals surface area contributed by atoms with Gasteiger partial charge in [0.1, 0.15) is 0 Å². The second kappa shape index (κ2) is 6.35. The molecule has 0 saturated carbocycles. The number of carbonyl (C=O) groups excluding carboxylic acids is 1. The van der Waals surface area contributed by atoms with Crippen molar-refractivity contribution in [1.29, 1.82) is 0 Å². The van der Waals surface area contributed by atoms with Crippen molar-refractivity contribution < 1.29 is 9.72 Å². The minimum absolute atomic E-state index is 0.0144. The van der Waals surface area contributed by atoms with E-state index in [0.717, 1.165) is 11.3 Å². The van der Waals surface area contributed by atoms with Crippen molar-refractivity contribution in [2.75, 3.05) is 5.32 Å². The van der Waals surface area contributed by atoms with Gasteiger partial charge in [-0.25, -0.2) is 4.98 Å². The van der Waals surface area contributed by atoms with E-state index in [4.69, 9.17) is 23.2 Å². The highest BCUT2D eigenvalue weighted by molar-refractivity contribution is 7.22. The number of nitrogens with zero attached hydrogens (tertiary/aromatic N) is 2. The van der Waals surface area contributed by atoms with Crippen molar-refractivity contribution in [2.45, 2.75) is 6.92 Å². The molecule has 0 spiro atoms. The van der Waals surface area contributed by atoms with Gasteiger partial charge in [0.2, 0.25) is 0 Å². The Morgan fingerprint density at radius 3 is 2.75 bits per heavy atom. The Bertz CT molecular complexity index is 987. The minimum atomic E-state index is -0.462. The molecule has 0 unspecified atom stereocenters. The van der Waals surface area contributed by atoms with Crippen molar-refractivity contribution in [2.24, 2.45) is 0 Å². The topological polar surface area (TPSA) is 85.1 Å². The van der Waals surface area contributed by atoms with Crippen LogP contribution < -0.4 is 5.32 Å². The molecule has 1 aromatic heterocycles. The summed E-state index contributed by atoms with van der Waals surface area (Å²) in [5, 5.41) is 14.6. The summed E-state index contributed by atoms with van der Waals surface area (Å²) < 4.78 is 0.620. The molecule has 3 rings (SSSR count). The molecular weight excluding hydrogens is 373 g/mol. The summed E-state index contributed by atoms with van der Waals surface area (Å²) >= 11 is 13.0. The molecule has 1 amide bonds. The van der Waals surface area contributed by atoms with Crippen LogP contribution in [0, 0.1) is 17.0 Å². The molecule has 24 heavy (non-hydrogen) atoms. The SMILES string of the molecule is Cc1cc([N+](=O)[O-])cc2sc(NC(=O)c3cc(Cl)ccc3Cl)nc12. The van der Waals surface area contributed by atoms with E-state index in [0.29, 0.717) is 25.9 Å². The third-order valence-corrected chi connectivity index (χ3v) is 4.76. The molecule has 0 bridgehead atoms. The predicted octanol–water partition coefficient (Wildman–Crippen LogP) is 5.07. The van der Waals surface area contributed by atoms with Gasteiger partial charge in [0.25, 0.3) is 11.6 Å². The summed E-state index contributed by atoms with van der Waals surface area (Å²) in [4.78, 5) is 27.1. The summed E-state index contributed by atoms with van der Waals surface area (Å²) in [5.74, 6) is -0.450. The zero-order chi connectivity index (χ0) is 17.4. The van der Waals surface area contributed by atoms with Crippen LogP contribution in [-0.4, -0.2) is 15.8 Å². The molecule has 9 heteroatoms. The first kappa shape index (κ1) is 16.6. The lowest BCUT2D eigenvalue weighted by molar-refractivity contribution is -0.384. The molecule has 2 aromatic carbocycles. The first-order valence-electron chi connectivity index (χ1n) is 6.67. The maximum Gasteiger partial charge on any atom is 0.271 e. The van der Waals surface area contributed by atoms with Gasteiger partial charge >= 0.3 is 0 Å². The molecule has 1 heterocycles. The number of hydrogen-bond acceptors (Lipinski definition) is 5. The standard InChI is InChI=1S/C15H9Cl2N3O3S/c1-7-4-9(20(22)23)6-12-13(7)18-15(24-12)19-14(21)10-5-8(16)2-3-11(10)17/h2-6H,1H3,(H,18,19,21). The van der Waals surface area contributed by atoms with Crippen molar-refractivity contribution >= 4 is 61.5 Å². The fourth-order valence-corrected chi connectivity index (χ4v) is 3.52.